The highest BCUT2D eigenvalue weighted by Gasteiger charge is 2.37. The van der Waals surface area contributed by atoms with Gasteiger partial charge in [0.1, 0.15) is 0 Å². The molecule has 114 valence electrons. The topological polar surface area (TPSA) is 36.4 Å². The van der Waals surface area contributed by atoms with Gasteiger partial charge in [0.25, 0.3) is 0 Å². The maximum Gasteiger partial charge on any atom is 0.223 e. The number of aryl methyl sites for hydroxylation is 1. The summed E-state index contributed by atoms with van der Waals surface area (Å²) in [5, 5.41) is 0. The second-order valence-electron chi connectivity index (χ2n) is 6.34. The van der Waals surface area contributed by atoms with E-state index in [0.29, 0.717) is 24.4 Å². The van der Waals surface area contributed by atoms with E-state index < -0.39 is 0 Å². The first-order chi connectivity index (χ1) is 10.3. The van der Waals surface area contributed by atoms with Gasteiger partial charge in [-0.1, -0.05) is 0 Å². The zero-order valence-corrected chi connectivity index (χ0v) is 12.9. The molecule has 0 saturated carbocycles. The first-order valence-electron chi connectivity index (χ1n) is 8.14. The highest BCUT2D eigenvalue weighted by molar-refractivity contribution is 5.77. The average Bonchev–Trinajstić information content (AvgIpc) is 3.14. The molecule has 0 N–H and O–H groups in total. The molecular weight excluding hydrogens is 262 g/mol. The molecule has 0 unspecified atom stereocenters. The molecule has 3 rings (SSSR count). The molecule has 2 aliphatic heterocycles. The predicted molar refractivity (Wildman–Crippen MR) is 82.9 cm³/mol. The Kier molecular flexibility index (Phi) is 4.54. The molecule has 1 aromatic heterocycles. The first-order valence-corrected chi connectivity index (χ1v) is 8.14. The van der Waals surface area contributed by atoms with Gasteiger partial charge >= 0.3 is 0 Å². The van der Waals surface area contributed by atoms with Crippen LogP contribution in [0, 0.1) is 0 Å². The van der Waals surface area contributed by atoms with E-state index in [0.717, 1.165) is 19.4 Å². The molecule has 0 spiro atoms. The van der Waals surface area contributed by atoms with Gasteiger partial charge in [-0.25, -0.2) is 0 Å². The molecule has 4 heteroatoms. The molecule has 4 nitrogen and oxygen atoms in total. The van der Waals surface area contributed by atoms with Crippen LogP contribution in [0.2, 0.25) is 0 Å². The van der Waals surface area contributed by atoms with Crippen molar-refractivity contribution in [3.8, 4) is 0 Å². The standard InChI is InChI=1S/C17H25N3O/c1-19-12-2-4-15(19)16-5-3-13-20(16)17(21)7-6-14-8-10-18-11-9-14/h8-11,15-16H,2-7,12-13H2,1H3/t15-,16-/m0/s1. The maximum absolute atomic E-state index is 12.6. The summed E-state index contributed by atoms with van der Waals surface area (Å²) in [6.45, 7) is 2.13. The van der Waals surface area contributed by atoms with Gasteiger partial charge < -0.3 is 9.80 Å². The van der Waals surface area contributed by atoms with E-state index in [1.165, 1.54) is 31.4 Å². The third kappa shape index (κ3) is 3.26. The molecule has 1 amide bonds. The maximum atomic E-state index is 12.6. The Bertz CT molecular complexity index is 476. The summed E-state index contributed by atoms with van der Waals surface area (Å²) in [4.78, 5) is 21.2. The normalized spacial score (nSPS) is 26.4. The minimum atomic E-state index is 0.328. The number of carbonyl (C=O) groups is 1. The Balaban J connectivity index is 1.58. The Morgan fingerprint density at radius 2 is 1.90 bits per heavy atom. The van der Waals surface area contributed by atoms with Crippen LogP contribution in [0.25, 0.3) is 0 Å². The van der Waals surface area contributed by atoms with Crippen molar-refractivity contribution >= 4 is 5.91 Å². The summed E-state index contributed by atoms with van der Waals surface area (Å²) >= 11 is 0. The van der Waals surface area contributed by atoms with Crippen molar-refractivity contribution in [3.63, 3.8) is 0 Å². The van der Waals surface area contributed by atoms with E-state index in [4.69, 9.17) is 0 Å². The number of rotatable bonds is 4. The lowest BCUT2D eigenvalue weighted by molar-refractivity contribution is -0.132. The van der Waals surface area contributed by atoms with E-state index in [-0.39, 0.29) is 0 Å². The van der Waals surface area contributed by atoms with Crippen molar-refractivity contribution in [3.05, 3.63) is 30.1 Å². The van der Waals surface area contributed by atoms with Crippen molar-refractivity contribution < 1.29 is 4.79 Å². The number of nitrogens with zero attached hydrogens (tertiary/aromatic N) is 3. The Labute approximate surface area is 127 Å². The van der Waals surface area contributed by atoms with Gasteiger partial charge in [0.05, 0.1) is 0 Å². The van der Waals surface area contributed by atoms with E-state index in [1.54, 1.807) is 12.4 Å². The van der Waals surface area contributed by atoms with Crippen LogP contribution in [0.4, 0.5) is 0 Å². The summed E-state index contributed by atoms with van der Waals surface area (Å²) in [5.74, 6) is 0.328. The lowest BCUT2D eigenvalue weighted by Crippen LogP contribution is -2.47. The van der Waals surface area contributed by atoms with Crippen molar-refractivity contribution in [1.29, 1.82) is 0 Å². The number of pyridine rings is 1. The highest BCUT2D eigenvalue weighted by Crippen LogP contribution is 2.29. The third-order valence-electron chi connectivity index (χ3n) is 5.02. The van der Waals surface area contributed by atoms with Gasteiger partial charge in [-0.15, -0.1) is 0 Å². The molecule has 2 saturated heterocycles. The van der Waals surface area contributed by atoms with Crippen LogP contribution in [-0.2, 0) is 11.2 Å². The number of carbonyl (C=O) groups excluding carboxylic acids is 1. The van der Waals surface area contributed by atoms with Crippen LogP contribution in [-0.4, -0.2) is 52.9 Å². The quantitative estimate of drug-likeness (QED) is 0.851. The molecule has 2 atom stereocenters. The fourth-order valence-electron chi connectivity index (χ4n) is 3.87. The second kappa shape index (κ2) is 6.56. The largest absolute Gasteiger partial charge is 0.338 e. The van der Waals surface area contributed by atoms with Gasteiger partial charge in [0.2, 0.25) is 5.91 Å². The molecule has 0 aromatic carbocycles. The fourth-order valence-corrected chi connectivity index (χ4v) is 3.87. The summed E-state index contributed by atoms with van der Waals surface area (Å²) in [6.07, 6.45) is 9.90. The SMILES string of the molecule is CN1CCC[C@H]1[C@@H]1CCCN1C(=O)CCc1ccncc1. The van der Waals surface area contributed by atoms with Crippen LogP contribution in [0.1, 0.15) is 37.7 Å². The third-order valence-corrected chi connectivity index (χ3v) is 5.02. The van der Waals surface area contributed by atoms with E-state index >= 15 is 0 Å². The van der Waals surface area contributed by atoms with Crippen molar-refractivity contribution in [2.24, 2.45) is 0 Å². The molecule has 21 heavy (non-hydrogen) atoms. The lowest BCUT2D eigenvalue weighted by Gasteiger charge is -2.33. The summed E-state index contributed by atoms with van der Waals surface area (Å²) < 4.78 is 0. The van der Waals surface area contributed by atoms with Crippen LogP contribution in [0.3, 0.4) is 0 Å². The monoisotopic (exact) mass is 287 g/mol. The number of hydrogen-bond donors (Lipinski definition) is 0. The van der Waals surface area contributed by atoms with E-state index in [9.17, 15) is 4.79 Å². The molecule has 2 fully saturated rings. The van der Waals surface area contributed by atoms with Gasteiger partial charge in [0, 0.05) is 37.4 Å². The van der Waals surface area contributed by atoms with Crippen LogP contribution >= 0.6 is 0 Å². The number of aromatic nitrogens is 1. The minimum absolute atomic E-state index is 0.328. The smallest absolute Gasteiger partial charge is 0.223 e. The lowest BCUT2D eigenvalue weighted by atomic mass is 10.0. The second-order valence-corrected chi connectivity index (χ2v) is 6.34. The van der Waals surface area contributed by atoms with Crippen molar-refractivity contribution in [1.82, 2.24) is 14.8 Å². The number of amides is 1. The Morgan fingerprint density at radius 1 is 1.19 bits per heavy atom. The Morgan fingerprint density at radius 3 is 2.62 bits per heavy atom. The van der Waals surface area contributed by atoms with Gasteiger partial charge in [-0.3, -0.25) is 9.78 Å². The van der Waals surface area contributed by atoms with Crippen molar-refractivity contribution in [2.75, 3.05) is 20.1 Å². The summed E-state index contributed by atoms with van der Waals surface area (Å²) in [6, 6.07) is 5.03. The highest BCUT2D eigenvalue weighted by atomic mass is 16.2. The number of likely N-dealkylation sites (tertiary alicyclic amines) is 2. The van der Waals surface area contributed by atoms with Crippen molar-refractivity contribution in [2.45, 2.75) is 50.6 Å². The van der Waals surface area contributed by atoms with Crippen LogP contribution in [0.5, 0.6) is 0 Å². The number of likely N-dealkylation sites (N-methyl/N-ethyl adjacent to an activating group) is 1. The number of hydrogen-bond acceptors (Lipinski definition) is 3. The van der Waals surface area contributed by atoms with E-state index in [2.05, 4.69) is 21.8 Å². The molecular formula is C17H25N3O. The first kappa shape index (κ1) is 14.5. The zero-order valence-electron chi connectivity index (χ0n) is 12.9. The van der Waals surface area contributed by atoms with Gasteiger partial charge in [-0.05, 0) is 63.4 Å². The summed E-state index contributed by atoms with van der Waals surface area (Å²) in [7, 11) is 2.20. The molecule has 0 radical (unpaired) electrons. The molecule has 0 bridgehead atoms. The van der Waals surface area contributed by atoms with E-state index in [1.807, 2.05) is 12.1 Å². The Hall–Kier alpha value is -1.42. The van der Waals surface area contributed by atoms with Gasteiger partial charge in [-0.2, -0.15) is 0 Å². The zero-order chi connectivity index (χ0) is 14.7. The molecule has 2 aliphatic rings. The summed E-state index contributed by atoms with van der Waals surface area (Å²) in [5.41, 5.74) is 1.20. The molecule has 1 aromatic rings. The van der Waals surface area contributed by atoms with Crippen LogP contribution in [0.15, 0.2) is 24.5 Å². The average molecular weight is 287 g/mol. The van der Waals surface area contributed by atoms with Gasteiger partial charge in [0.15, 0.2) is 0 Å². The fraction of sp³-hybridized carbons (Fsp3) is 0.647. The molecule has 3 heterocycles. The minimum Gasteiger partial charge on any atom is -0.338 e. The van der Waals surface area contributed by atoms with Crippen LogP contribution < -0.4 is 0 Å². The predicted octanol–water partition coefficient (Wildman–Crippen LogP) is 2.10. The molecule has 0 aliphatic carbocycles.